The molecule has 2 aromatic carbocycles. The lowest BCUT2D eigenvalue weighted by molar-refractivity contribution is -0.128. The third-order valence-electron chi connectivity index (χ3n) is 8.34. The second-order valence-corrected chi connectivity index (χ2v) is 14.1. The van der Waals surface area contributed by atoms with Gasteiger partial charge in [-0.1, -0.05) is 83.2 Å². The summed E-state index contributed by atoms with van der Waals surface area (Å²) < 4.78 is 13.1. The topological polar surface area (TPSA) is 136 Å². The standard InChI is InChI=1S/C34H50N2O6S/c1-23(2)18-31(38)32(39)30(20-26-12-8-5-9-13-26)36-33(40)24(3)21-35-34(41)27(19-25-10-6-4-7-11-25)22-43(42)29-16-14-28(37)15-17-29/h4,6-7,10-11,14-17,23-24,26-27,30-32,37-39H,5,8-9,12-13,18-22H2,1-3H3,(H,35,41)(H,36,40)/t24-,27?,30+,31+,32-,43?/m1/s1. The Kier molecular flexibility index (Phi) is 14.2. The number of benzene rings is 2. The van der Waals surface area contributed by atoms with Gasteiger partial charge in [0.15, 0.2) is 0 Å². The highest BCUT2D eigenvalue weighted by Crippen LogP contribution is 2.29. The van der Waals surface area contributed by atoms with Crippen molar-refractivity contribution in [1.82, 2.24) is 10.6 Å². The Morgan fingerprint density at radius 3 is 2.21 bits per heavy atom. The van der Waals surface area contributed by atoms with Crippen LogP contribution in [0.4, 0.5) is 0 Å². The summed E-state index contributed by atoms with van der Waals surface area (Å²) in [6.07, 6.45) is 5.04. The van der Waals surface area contributed by atoms with E-state index in [0.29, 0.717) is 30.1 Å². The van der Waals surface area contributed by atoms with Crippen molar-refractivity contribution < 1.29 is 29.1 Å². The Bertz CT molecular complexity index is 1150. The lowest BCUT2D eigenvalue weighted by atomic mass is 9.82. The van der Waals surface area contributed by atoms with E-state index in [2.05, 4.69) is 10.6 Å². The molecule has 0 spiro atoms. The summed E-state index contributed by atoms with van der Waals surface area (Å²) in [6, 6.07) is 15.1. The van der Waals surface area contributed by atoms with Crippen LogP contribution in [0.1, 0.15) is 71.3 Å². The van der Waals surface area contributed by atoms with Gasteiger partial charge in [-0.2, -0.15) is 0 Å². The number of aliphatic hydroxyl groups is 2. The number of carbonyl (C=O) groups excluding carboxylic acids is 2. The van der Waals surface area contributed by atoms with Crippen LogP contribution in [0.25, 0.3) is 0 Å². The number of nitrogens with one attached hydrogen (secondary N) is 2. The van der Waals surface area contributed by atoms with Gasteiger partial charge in [0.25, 0.3) is 0 Å². The Hall–Kier alpha value is -2.75. The SMILES string of the molecule is CC(C)C[C@H](O)[C@H](O)[C@H](CC1CCCCC1)NC(=O)[C@H](C)CNC(=O)C(Cc1ccccc1)CS(=O)c1ccc(O)cc1. The summed E-state index contributed by atoms with van der Waals surface area (Å²) in [5.41, 5.74) is 0.940. The first kappa shape index (κ1) is 34.7. The molecular weight excluding hydrogens is 564 g/mol. The van der Waals surface area contributed by atoms with Gasteiger partial charge in [0.1, 0.15) is 11.9 Å². The van der Waals surface area contributed by atoms with Crippen molar-refractivity contribution in [3.05, 3.63) is 60.2 Å². The molecule has 0 aliphatic heterocycles. The molecular formula is C34H50N2O6S. The van der Waals surface area contributed by atoms with Crippen molar-refractivity contribution in [1.29, 1.82) is 0 Å². The molecule has 0 heterocycles. The van der Waals surface area contributed by atoms with Crippen LogP contribution in [0.5, 0.6) is 5.75 Å². The first-order valence-corrected chi connectivity index (χ1v) is 17.0. The van der Waals surface area contributed by atoms with Crippen LogP contribution in [0.15, 0.2) is 59.5 Å². The molecule has 1 aliphatic rings. The maximum absolute atomic E-state index is 13.4. The van der Waals surface area contributed by atoms with Crippen LogP contribution in [0.3, 0.4) is 0 Å². The van der Waals surface area contributed by atoms with Crippen LogP contribution in [0, 0.1) is 23.7 Å². The number of aromatic hydroxyl groups is 1. The maximum Gasteiger partial charge on any atom is 0.224 e. The molecule has 3 rings (SSSR count). The zero-order chi connectivity index (χ0) is 31.4. The minimum Gasteiger partial charge on any atom is -0.508 e. The fraction of sp³-hybridized carbons (Fsp3) is 0.588. The van der Waals surface area contributed by atoms with Gasteiger partial charge in [-0.05, 0) is 60.9 Å². The van der Waals surface area contributed by atoms with E-state index in [1.54, 1.807) is 19.1 Å². The molecule has 5 N–H and O–H groups in total. The quantitative estimate of drug-likeness (QED) is 0.191. The Morgan fingerprint density at radius 1 is 0.930 bits per heavy atom. The molecule has 43 heavy (non-hydrogen) atoms. The van der Waals surface area contributed by atoms with Crippen LogP contribution >= 0.6 is 0 Å². The van der Waals surface area contributed by atoms with Gasteiger partial charge in [0.2, 0.25) is 11.8 Å². The molecule has 0 radical (unpaired) electrons. The number of hydrogen-bond acceptors (Lipinski definition) is 6. The monoisotopic (exact) mass is 614 g/mol. The predicted octanol–water partition coefficient (Wildman–Crippen LogP) is 4.33. The first-order chi connectivity index (χ1) is 20.5. The normalized spacial score (nSPS) is 18.3. The van der Waals surface area contributed by atoms with Crippen molar-refractivity contribution in [3.8, 4) is 5.75 Å². The predicted molar refractivity (Wildman–Crippen MR) is 170 cm³/mol. The van der Waals surface area contributed by atoms with E-state index < -0.39 is 40.9 Å². The zero-order valence-corrected chi connectivity index (χ0v) is 26.6. The molecule has 0 aromatic heterocycles. The van der Waals surface area contributed by atoms with E-state index in [1.165, 1.54) is 18.6 Å². The summed E-state index contributed by atoms with van der Waals surface area (Å²) in [5.74, 6) is -0.984. The second kappa shape index (κ2) is 17.5. The Balaban J connectivity index is 1.64. The molecule has 0 saturated heterocycles. The van der Waals surface area contributed by atoms with E-state index in [9.17, 15) is 29.1 Å². The average molecular weight is 615 g/mol. The molecule has 2 amide bonds. The van der Waals surface area contributed by atoms with Crippen LogP contribution in [-0.2, 0) is 26.8 Å². The van der Waals surface area contributed by atoms with Gasteiger partial charge < -0.3 is 26.0 Å². The lowest BCUT2D eigenvalue weighted by Gasteiger charge is -2.33. The van der Waals surface area contributed by atoms with Gasteiger partial charge >= 0.3 is 0 Å². The van der Waals surface area contributed by atoms with Crippen molar-refractivity contribution in [2.24, 2.45) is 23.7 Å². The number of rotatable bonds is 16. The molecule has 0 bridgehead atoms. The number of phenols is 1. The Morgan fingerprint density at radius 2 is 1.58 bits per heavy atom. The van der Waals surface area contributed by atoms with E-state index in [1.807, 2.05) is 44.2 Å². The van der Waals surface area contributed by atoms with Crippen molar-refractivity contribution in [2.75, 3.05) is 12.3 Å². The summed E-state index contributed by atoms with van der Waals surface area (Å²) >= 11 is 0. The molecule has 8 nitrogen and oxygen atoms in total. The van der Waals surface area contributed by atoms with Gasteiger partial charge in [-0.15, -0.1) is 0 Å². The first-order valence-electron chi connectivity index (χ1n) is 15.7. The number of hydrogen-bond donors (Lipinski definition) is 5. The molecule has 238 valence electrons. The Labute approximate surface area is 259 Å². The molecule has 6 atom stereocenters. The number of aliphatic hydroxyl groups excluding tert-OH is 2. The minimum atomic E-state index is -1.47. The molecule has 1 aliphatic carbocycles. The molecule has 2 unspecified atom stereocenters. The van der Waals surface area contributed by atoms with Crippen molar-refractivity contribution >= 4 is 22.6 Å². The lowest BCUT2D eigenvalue weighted by Crippen LogP contribution is -2.52. The summed E-state index contributed by atoms with van der Waals surface area (Å²) in [5, 5.41) is 37.2. The number of phenolic OH excluding ortho intramolecular Hbond substituents is 1. The molecule has 1 fully saturated rings. The minimum absolute atomic E-state index is 0.0783. The summed E-state index contributed by atoms with van der Waals surface area (Å²) in [7, 11) is -1.47. The number of amides is 2. The highest BCUT2D eigenvalue weighted by atomic mass is 32.2. The van der Waals surface area contributed by atoms with E-state index in [4.69, 9.17) is 0 Å². The third kappa shape index (κ3) is 11.7. The van der Waals surface area contributed by atoms with Gasteiger partial charge in [0, 0.05) is 17.2 Å². The second-order valence-electron chi connectivity index (χ2n) is 12.6. The van der Waals surface area contributed by atoms with Crippen LogP contribution in [-0.4, -0.2) is 61.9 Å². The smallest absolute Gasteiger partial charge is 0.224 e. The molecule has 1 saturated carbocycles. The zero-order valence-electron chi connectivity index (χ0n) is 25.8. The summed E-state index contributed by atoms with van der Waals surface area (Å²) in [4.78, 5) is 27.2. The fourth-order valence-electron chi connectivity index (χ4n) is 5.77. The van der Waals surface area contributed by atoms with E-state index in [0.717, 1.165) is 31.2 Å². The van der Waals surface area contributed by atoms with Gasteiger partial charge in [-0.25, -0.2) is 0 Å². The van der Waals surface area contributed by atoms with Crippen molar-refractivity contribution in [2.45, 2.75) is 95.3 Å². The fourth-order valence-corrected chi connectivity index (χ4v) is 7.04. The van der Waals surface area contributed by atoms with Gasteiger partial charge in [0.05, 0.1) is 34.8 Å². The maximum atomic E-state index is 13.4. The van der Waals surface area contributed by atoms with E-state index >= 15 is 0 Å². The van der Waals surface area contributed by atoms with E-state index in [-0.39, 0.29) is 35.8 Å². The third-order valence-corrected chi connectivity index (χ3v) is 9.84. The van der Waals surface area contributed by atoms with Crippen LogP contribution < -0.4 is 10.6 Å². The molecule has 2 aromatic rings. The molecule has 9 heteroatoms. The van der Waals surface area contributed by atoms with Crippen LogP contribution in [0.2, 0.25) is 0 Å². The average Bonchev–Trinajstić information content (AvgIpc) is 2.99. The highest BCUT2D eigenvalue weighted by molar-refractivity contribution is 7.85. The summed E-state index contributed by atoms with van der Waals surface area (Å²) in [6.45, 7) is 5.79. The van der Waals surface area contributed by atoms with Crippen molar-refractivity contribution in [3.63, 3.8) is 0 Å². The largest absolute Gasteiger partial charge is 0.508 e. The number of carbonyl (C=O) groups is 2. The van der Waals surface area contributed by atoms with Gasteiger partial charge in [-0.3, -0.25) is 13.8 Å². The highest BCUT2D eigenvalue weighted by Gasteiger charge is 2.32.